The molecule has 0 aliphatic heterocycles. The number of amides is 1. The van der Waals surface area contributed by atoms with Crippen molar-refractivity contribution in [2.24, 2.45) is 0 Å². The molecule has 0 saturated heterocycles. The van der Waals surface area contributed by atoms with E-state index in [1.807, 2.05) is 91.0 Å². The van der Waals surface area contributed by atoms with Gasteiger partial charge in [0.25, 0.3) is 0 Å². The number of H-pyrrole nitrogens is 1. The van der Waals surface area contributed by atoms with Gasteiger partial charge in [0.15, 0.2) is 0 Å². The van der Waals surface area contributed by atoms with Crippen LogP contribution in [0.5, 0.6) is 5.75 Å². The molecule has 33 heavy (non-hydrogen) atoms. The number of rotatable bonds is 6. The predicted octanol–water partition coefficient (Wildman–Crippen LogP) is 6.09. The molecule has 5 rings (SSSR count). The van der Waals surface area contributed by atoms with Crippen LogP contribution >= 0.6 is 0 Å². The van der Waals surface area contributed by atoms with Crippen molar-refractivity contribution in [3.63, 3.8) is 0 Å². The number of hydrogen-bond acceptors (Lipinski definition) is 3. The van der Waals surface area contributed by atoms with E-state index in [9.17, 15) is 4.79 Å². The Labute approximate surface area is 192 Å². The smallest absolute Gasteiger partial charge is 0.228 e. The lowest BCUT2D eigenvalue weighted by Gasteiger charge is -2.08. The van der Waals surface area contributed by atoms with Crippen LogP contribution in [0.25, 0.3) is 33.5 Å². The molecule has 1 aromatic heterocycles. The molecule has 0 fully saturated rings. The van der Waals surface area contributed by atoms with Gasteiger partial charge in [-0.05, 0) is 65.2 Å². The quantitative estimate of drug-likeness (QED) is 0.341. The summed E-state index contributed by atoms with van der Waals surface area (Å²) < 4.78 is 5.24. The first kappa shape index (κ1) is 20.5. The third kappa shape index (κ3) is 4.62. The number of imidazole rings is 1. The second-order valence-electron chi connectivity index (χ2n) is 7.84. The first-order valence-corrected chi connectivity index (χ1v) is 10.8. The Hall–Kier alpha value is -4.38. The summed E-state index contributed by atoms with van der Waals surface area (Å²) in [6, 6.07) is 31.6. The highest BCUT2D eigenvalue weighted by Gasteiger charge is 2.09. The lowest BCUT2D eigenvalue weighted by molar-refractivity contribution is -0.115. The van der Waals surface area contributed by atoms with E-state index < -0.39 is 0 Å². The van der Waals surface area contributed by atoms with Crippen molar-refractivity contribution >= 4 is 22.6 Å². The van der Waals surface area contributed by atoms with Gasteiger partial charge < -0.3 is 15.0 Å². The second-order valence-corrected chi connectivity index (χ2v) is 7.84. The maximum absolute atomic E-state index is 12.5. The molecule has 0 saturated carbocycles. The van der Waals surface area contributed by atoms with Gasteiger partial charge in [-0.25, -0.2) is 4.98 Å². The molecule has 5 nitrogen and oxygen atoms in total. The second kappa shape index (κ2) is 9.01. The van der Waals surface area contributed by atoms with E-state index in [1.54, 1.807) is 7.11 Å². The van der Waals surface area contributed by atoms with Gasteiger partial charge >= 0.3 is 0 Å². The van der Waals surface area contributed by atoms with Crippen molar-refractivity contribution in [1.29, 1.82) is 0 Å². The minimum absolute atomic E-state index is 0.0356. The van der Waals surface area contributed by atoms with Gasteiger partial charge in [-0.3, -0.25) is 4.79 Å². The first-order chi connectivity index (χ1) is 16.2. The molecule has 1 amide bonds. The molecule has 162 valence electrons. The van der Waals surface area contributed by atoms with Gasteiger partial charge in [0.05, 0.1) is 24.6 Å². The number of anilines is 1. The summed E-state index contributed by atoms with van der Waals surface area (Å²) in [5.41, 5.74) is 6.69. The number of carbonyl (C=O) groups is 1. The Morgan fingerprint density at radius 1 is 0.848 bits per heavy atom. The average molecular weight is 434 g/mol. The number of nitrogens with zero attached hydrogens (tertiary/aromatic N) is 1. The summed E-state index contributed by atoms with van der Waals surface area (Å²) in [5, 5.41) is 3.00. The molecule has 1 heterocycles. The molecule has 0 radical (unpaired) electrons. The largest absolute Gasteiger partial charge is 0.497 e. The van der Waals surface area contributed by atoms with Crippen molar-refractivity contribution in [2.75, 3.05) is 12.4 Å². The summed E-state index contributed by atoms with van der Waals surface area (Å²) in [5.74, 6) is 1.59. The van der Waals surface area contributed by atoms with E-state index in [-0.39, 0.29) is 5.91 Å². The highest BCUT2D eigenvalue weighted by atomic mass is 16.5. The maximum Gasteiger partial charge on any atom is 0.228 e. The number of methoxy groups -OCH3 is 1. The van der Waals surface area contributed by atoms with E-state index in [2.05, 4.69) is 16.4 Å². The fraction of sp³-hybridized carbons (Fsp3) is 0.0714. The number of aromatic amines is 1. The molecule has 2 N–H and O–H groups in total. The average Bonchev–Trinajstić information content (AvgIpc) is 3.28. The molecule has 5 aromatic rings. The molecule has 0 aliphatic carbocycles. The van der Waals surface area contributed by atoms with Crippen molar-refractivity contribution in [2.45, 2.75) is 6.42 Å². The fourth-order valence-corrected chi connectivity index (χ4v) is 3.84. The normalized spacial score (nSPS) is 10.8. The van der Waals surface area contributed by atoms with Crippen LogP contribution in [-0.4, -0.2) is 23.0 Å². The van der Waals surface area contributed by atoms with E-state index in [0.29, 0.717) is 6.42 Å². The zero-order chi connectivity index (χ0) is 22.6. The molecule has 4 aromatic carbocycles. The van der Waals surface area contributed by atoms with Gasteiger partial charge in [-0.15, -0.1) is 0 Å². The third-order valence-corrected chi connectivity index (χ3v) is 5.53. The van der Waals surface area contributed by atoms with Crippen LogP contribution in [0.1, 0.15) is 5.56 Å². The lowest BCUT2D eigenvalue weighted by Crippen LogP contribution is -2.14. The minimum Gasteiger partial charge on any atom is -0.497 e. The van der Waals surface area contributed by atoms with E-state index >= 15 is 0 Å². The number of carbonyl (C=O) groups excluding carboxylic acids is 1. The zero-order valence-corrected chi connectivity index (χ0v) is 18.2. The van der Waals surface area contributed by atoms with Crippen LogP contribution in [0.15, 0.2) is 97.1 Å². The molecular formula is C28H23N3O2. The molecular weight excluding hydrogens is 410 g/mol. The highest BCUT2D eigenvalue weighted by Crippen LogP contribution is 2.28. The summed E-state index contributed by atoms with van der Waals surface area (Å²) in [6.07, 6.45) is 0.347. The first-order valence-electron chi connectivity index (χ1n) is 10.8. The number of nitrogens with one attached hydrogen (secondary N) is 2. The SMILES string of the molecule is COc1ccc(-c2nc3ccc(-c4cccc(NC(=O)Cc5ccccc5)c4)cc3[nH]2)cc1. The van der Waals surface area contributed by atoms with Crippen LogP contribution < -0.4 is 10.1 Å². The molecule has 5 heteroatoms. The van der Waals surface area contributed by atoms with Crippen LogP contribution in [0.2, 0.25) is 0 Å². The molecule has 0 bridgehead atoms. The highest BCUT2D eigenvalue weighted by molar-refractivity contribution is 5.93. The third-order valence-electron chi connectivity index (χ3n) is 5.53. The van der Waals surface area contributed by atoms with E-state index in [4.69, 9.17) is 9.72 Å². The zero-order valence-electron chi connectivity index (χ0n) is 18.2. The Kier molecular flexibility index (Phi) is 5.60. The van der Waals surface area contributed by atoms with Gasteiger partial charge in [0.1, 0.15) is 11.6 Å². The lowest BCUT2D eigenvalue weighted by atomic mass is 10.0. The van der Waals surface area contributed by atoms with Gasteiger partial charge in [0, 0.05) is 11.3 Å². The summed E-state index contributed by atoms with van der Waals surface area (Å²) in [6.45, 7) is 0. The minimum atomic E-state index is -0.0356. The van der Waals surface area contributed by atoms with E-state index in [1.165, 1.54) is 0 Å². The standard InChI is InChI=1S/C28H23N3O2/c1-33-24-13-10-20(11-14-24)28-30-25-15-12-22(18-26(25)31-28)21-8-5-9-23(17-21)29-27(32)16-19-6-3-2-4-7-19/h2-15,17-18H,16H2,1H3,(H,29,32)(H,30,31). The van der Waals surface area contributed by atoms with Crippen molar-refractivity contribution in [3.05, 3.63) is 103 Å². The van der Waals surface area contributed by atoms with Crippen LogP contribution in [0.4, 0.5) is 5.69 Å². The van der Waals surface area contributed by atoms with Crippen molar-refractivity contribution in [3.8, 4) is 28.3 Å². The maximum atomic E-state index is 12.5. The molecule has 0 aliphatic rings. The van der Waals surface area contributed by atoms with Gasteiger partial charge in [-0.2, -0.15) is 0 Å². The van der Waals surface area contributed by atoms with Crippen LogP contribution in [0.3, 0.4) is 0 Å². The van der Waals surface area contributed by atoms with Crippen molar-refractivity contribution in [1.82, 2.24) is 9.97 Å². The summed E-state index contributed by atoms with van der Waals surface area (Å²) in [7, 11) is 1.65. The summed E-state index contributed by atoms with van der Waals surface area (Å²) in [4.78, 5) is 20.6. The number of aromatic nitrogens is 2. The molecule has 0 spiro atoms. The predicted molar refractivity (Wildman–Crippen MR) is 132 cm³/mol. The fourth-order valence-electron chi connectivity index (χ4n) is 3.84. The Balaban J connectivity index is 1.37. The Morgan fingerprint density at radius 3 is 2.39 bits per heavy atom. The summed E-state index contributed by atoms with van der Waals surface area (Å²) >= 11 is 0. The van der Waals surface area contributed by atoms with Crippen molar-refractivity contribution < 1.29 is 9.53 Å². The number of ether oxygens (including phenoxy) is 1. The monoisotopic (exact) mass is 433 g/mol. The topological polar surface area (TPSA) is 67.0 Å². The molecule has 0 unspecified atom stereocenters. The number of fused-ring (bicyclic) bond motifs is 1. The number of hydrogen-bond donors (Lipinski definition) is 2. The van der Waals surface area contributed by atoms with E-state index in [0.717, 1.165) is 50.5 Å². The van der Waals surface area contributed by atoms with Crippen LogP contribution in [0, 0.1) is 0 Å². The number of benzene rings is 4. The Morgan fingerprint density at radius 2 is 1.61 bits per heavy atom. The van der Waals surface area contributed by atoms with Gasteiger partial charge in [-0.1, -0.05) is 48.5 Å². The molecule has 0 atom stereocenters. The Bertz CT molecular complexity index is 1410. The van der Waals surface area contributed by atoms with Crippen LogP contribution in [-0.2, 0) is 11.2 Å². The van der Waals surface area contributed by atoms with Gasteiger partial charge in [0.2, 0.25) is 5.91 Å².